The maximum atomic E-state index is 14.1. The topological polar surface area (TPSA) is 88.1 Å². The van der Waals surface area contributed by atoms with E-state index < -0.39 is 50.5 Å². The van der Waals surface area contributed by atoms with Crippen molar-refractivity contribution in [3.8, 4) is 0 Å². The van der Waals surface area contributed by atoms with Crippen LogP contribution in [0, 0.1) is 10.8 Å². The number of aldehydes is 1. The Hall–Kier alpha value is -1.57. The fourth-order valence-corrected chi connectivity index (χ4v) is 6.27. The number of ketones is 2. The first kappa shape index (κ1) is 40.4. The van der Waals surface area contributed by atoms with Gasteiger partial charge < -0.3 is 23.7 Å². The summed E-state index contributed by atoms with van der Waals surface area (Å²) in [7, 11) is 0. The number of carbonyl (C=O) groups excluding carboxylic acids is 3. The molecule has 0 fully saturated rings. The molecule has 0 spiro atoms. The van der Waals surface area contributed by atoms with Crippen molar-refractivity contribution in [3.63, 3.8) is 0 Å². The second kappa shape index (κ2) is 13.6. The molecule has 0 bridgehead atoms. The van der Waals surface area contributed by atoms with E-state index >= 15 is 0 Å². The molecule has 3 atom stereocenters. The summed E-state index contributed by atoms with van der Waals surface area (Å²) >= 11 is 0. The average molecular weight is 597 g/mol. The summed E-state index contributed by atoms with van der Waals surface area (Å²) < 4.78 is 24.9. The Morgan fingerprint density at radius 1 is 0.762 bits per heavy atom. The van der Waals surface area contributed by atoms with E-state index in [2.05, 4.69) is 13.5 Å². The third kappa shape index (κ3) is 10.6. The molecule has 0 aromatic carbocycles. The molecule has 7 heteroatoms. The van der Waals surface area contributed by atoms with Crippen LogP contribution in [0.2, 0.25) is 0 Å². The van der Waals surface area contributed by atoms with Crippen molar-refractivity contribution in [1.82, 2.24) is 0 Å². The van der Waals surface area contributed by atoms with Gasteiger partial charge in [0.25, 0.3) is 0 Å². The van der Waals surface area contributed by atoms with E-state index in [1.165, 1.54) is 6.26 Å². The SMILES string of the molecule is C=COC(C)(CC)CC(C)(C)OC(C)(C)C(=O)C(C)(C)CC(C)(CC)OC(C)(C)C(C)(C)C(=O)C(C)OC(C)(C)C=O. The monoisotopic (exact) mass is 596 g/mol. The van der Waals surface area contributed by atoms with Crippen molar-refractivity contribution in [2.75, 3.05) is 0 Å². The highest BCUT2D eigenvalue weighted by atomic mass is 16.5. The van der Waals surface area contributed by atoms with Crippen LogP contribution < -0.4 is 0 Å². The number of carbonyl (C=O) groups is 3. The molecule has 0 saturated heterocycles. The minimum atomic E-state index is -1.08. The van der Waals surface area contributed by atoms with E-state index in [1.54, 1.807) is 20.8 Å². The summed E-state index contributed by atoms with van der Waals surface area (Å²) in [6, 6.07) is 0. The first-order valence-corrected chi connectivity index (χ1v) is 15.4. The lowest BCUT2D eigenvalue weighted by atomic mass is 9.69. The smallest absolute Gasteiger partial charge is 0.169 e. The normalized spacial score (nSPS) is 17.5. The summed E-state index contributed by atoms with van der Waals surface area (Å²) in [4.78, 5) is 39.1. The molecule has 246 valence electrons. The molecule has 42 heavy (non-hydrogen) atoms. The minimum Gasteiger partial charge on any atom is -0.496 e. The lowest BCUT2D eigenvalue weighted by Crippen LogP contribution is -2.56. The van der Waals surface area contributed by atoms with E-state index in [4.69, 9.17) is 18.9 Å². The number of rotatable bonds is 20. The first-order chi connectivity index (χ1) is 18.5. The molecule has 0 aromatic heterocycles. The Kier molecular flexibility index (Phi) is 13.1. The molecule has 0 saturated carbocycles. The van der Waals surface area contributed by atoms with Crippen LogP contribution in [0.5, 0.6) is 0 Å². The molecule has 0 aliphatic rings. The third-order valence-corrected chi connectivity index (χ3v) is 8.93. The summed E-state index contributed by atoms with van der Waals surface area (Å²) in [5, 5.41) is 0. The van der Waals surface area contributed by atoms with Crippen molar-refractivity contribution < 1.29 is 33.3 Å². The maximum absolute atomic E-state index is 14.1. The van der Waals surface area contributed by atoms with Gasteiger partial charge in [0.1, 0.15) is 22.9 Å². The van der Waals surface area contributed by atoms with Gasteiger partial charge in [0.15, 0.2) is 17.9 Å². The highest BCUT2D eigenvalue weighted by molar-refractivity contribution is 5.91. The molecule has 7 nitrogen and oxygen atoms in total. The van der Waals surface area contributed by atoms with Gasteiger partial charge in [-0.05, 0) is 95.4 Å². The number of Topliss-reactive ketones (excluding diaryl/α,β-unsaturated/α-hetero) is 2. The van der Waals surface area contributed by atoms with Crippen LogP contribution in [0.3, 0.4) is 0 Å². The van der Waals surface area contributed by atoms with Crippen LogP contribution >= 0.6 is 0 Å². The van der Waals surface area contributed by atoms with Gasteiger partial charge in [0, 0.05) is 11.8 Å². The Morgan fingerprint density at radius 3 is 1.64 bits per heavy atom. The zero-order chi connectivity index (χ0) is 33.8. The van der Waals surface area contributed by atoms with Gasteiger partial charge in [0.2, 0.25) is 0 Å². The fourth-order valence-electron chi connectivity index (χ4n) is 6.27. The standard InChI is InChI=1S/C35H64O7/c1-19-34(17,39-21-3)23-29(7,8)41-32(13,14)27(38)28(5,6)22-35(18,20-2)42-33(15,16)31(11,12)26(37)25(4)40-30(9,10)24-36/h21,24-25H,3,19-20,22-23H2,1-2,4-18H3. The lowest BCUT2D eigenvalue weighted by molar-refractivity contribution is -0.206. The van der Waals surface area contributed by atoms with Gasteiger partial charge >= 0.3 is 0 Å². The van der Waals surface area contributed by atoms with E-state index in [-0.39, 0.29) is 11.6 Å². The van der Waals surface area contributed by atoms with Gasteiger partial charge in [0.05, 0.1) is 28.5 Å². The summed E-state index contributed by atoms with van der Waals surface area (Å²) in [5.41, 5.74) is -6.65. The predicted molar refractivity (Wildman–Crippen MR) is 171 cm³/mol. The molecular weight excluding hydrogens is 532 g/mol. The van der Waals surface area contributed by atoms with Crippen LogP contribution in [-0.2, 0) is 33.3 Å². The average Bonchev–Trinajstić information content (AvgIpc) is 2.80. The summed E-state index contributed by atoms with van der Waals surface area (Å²) in [6.45, 7) is 35.7. The molecular formula is C35H64O7. The molecule has 0 N–H and O–H groups in total. The molecule has 0 radical (unpaired) electrons. The second-order valence-electron chi connectivity index (χ2n) is 15.9. The van der Waals surface area contributed by atoms with Crippen LogP contribution in [0.1, 0.15) is 143 Å². The molecule has 0 heterocycles. The van der Waals surface area contributed by atoms with E-state index in [1.807, 2.05) is 90.0 Å². The zero-order valence-electron chi connectivity index (χ0n) is 30.1. The number of hydrogen-bond acceptors (Lipinski definition) is 7. The van der Waals surface area contributed by atoms with Crippen molar-refractivity contribution >= 4 is 17.9 Å². The zero-order valence-corrected chi connectivity index (χ0v) is 30.1. The van der Waals surface area contributed by atoms with E-state index in [9.17, 15) is 14.4 Å². The van der Waals surface area contributed by atoms with Crippen LogP contribution in [0.25, 0.3) is 0 Å². The van der Waals surface area contributed by atoms with E-state index in [0.717, 1.165) is 6.42 Å². The number of ether oxygens (including phenoxy) is 4. The molecule has 0 aromatic rings. The van der Waals surface area contributed by atoms with Gasteiger partial charge in [-0.15, -0.1) is 0 Å². The third-order valence-electron chi connectivity index (χ3n) is 8.93. The van der Waals surface area contributed by atoms with Gasteiger partial charge in [-0.2, -0.15) is 0 Å². The Labute approximate surface area is 257 Å². The van der Waals surface area contributed by atoms with Crippen LogP contribution in [0.4, 0.5) is 0 Å². The van der Waals surface area contributed by atoms with E-state index in [0.29, 0.717) is 25.5 Å². The largest absolute Gasteiger partial charge is 0.496 e. The molecule has 3 unspecified atom stereocenters. The highest BCUT2D eigenvalue weighted by Gasteiger charge is 2.52. The Balaban J connectivity index is 6.03. The van der Waals surface area contributed by atoms with Crippen LogP contribution in [-0.4, -0.2) is 57.6 Å². The van der Waals surface area contributed by atoms with Crippen molar-refractivity contribution in [2.24, 2.45) is 10.8 Å². The van der Waals surface area contributed by atoms with Gasteiger partial charge in [-0.1, -0.05) is 48.1 Å². The predicted octanol–water partition coefficient (Wildman–Crippen LogP) is 8.21. The van der Waals surface area contributed by atoms with Gasteiger partial charge in [-0.3, -0.25) is 9.59 Å². The summed E-state index contributed by atoms with van der Waals surface area (Å²) in [6.07, 6.45) is 3.75. The minimum absolute atomic E-state index is 0.0274. The maximum Gasteiger partial charge on any atom is 0.169 e. The summed E-state index contributed by atoms with van der Waals surface area (Å²) in [5.74, 6) is -0.187. The lowest BCUT2D eigenvalue weighted by Gasteiger charge is -2.49. The number of hydrogen-bond donors (Lipinski definition) is 0. The highest BCUT2D eigenvalue weighted by Crippen LogP contribution is 2.45. The van der Waals surface area contributed by atoms with Crippen molar-refractivity contribution in [2.45, 2.75) is 183 Å². The molecule has 0 rings (SSSR count). The first-order valence-electron chi connectivity index (χ1n) is 15.4. The molecule has 0 aliphatic heterocycles. The quantitative estimate of drug-likeness (QED) is 0.103. The molecule has 0 aliphatic carbocycles. The van der Waals surface area contributed by atoms with Gasteiger partial charge in [-0.25, -0.2) is 0 Å². The van der Waals surface area contributed by atoms with Crippen molar-refractivity contribution in [3.05, 3.63) is 12.8 Å². The Bertz CT molecular complexity index is 956. The van der Waals surface area contributed by atoms with Crippen LogP contribution in [0.15, 0.2) is 12.8 Å². The second-order valence-corrected chi connectivity index (χ2v) is 15.9. The fraction of sp³-hybridized carbons (Fsp3) is 0.857. The molecule has 0 amide bonds. The van der Waals surface area contributed by atoms with Crippen molar-refractivity contribution in [1.29, 1.82) is 0 Å². The Morgan fingerprint density at radius 2 is 1.24 bits per heavy atom.